The van der Waals surface area contributed by atoms with Gasteiger partial charge in [0.05, 0.1) is 0 Å². The van der Waals surface area contributed by atoms with Crippen molar-refractivity contribution in [3.63, 3.8) is 0 Å². The van der Waals surface area contributed by atoms with Gasteiger partial charge in [-0.25, -0.2) is 0 Å². The first-order valence-corrected chi connectivity index (χ1v) is 8.42. The zero-order valence-corrected chi connectivity index (χ0v) is 13.3. The lowest BCUT2D eigenvalue weighted by Crippen LogP contribution is -2.41. The Balaban J connectivity index is 1.65. The molecule has 110 valence electrons. The van der Waals surface area contributed by atoms with Gasteiger partial charge < -0.3 is 14.8 Å². The predicted octanol–water partition coefficient (Wildman–Crippen LogP) is 3.60. The minimum Gasteiger partial charge on any atom is -0.454 e. The minimum absolute atomic E-state index is 0.337. The predicted molar refractivity (Wildman–Crippen MR) is 83.6 cm³/mol. The molecule has 0 radical (unpaired) electrons. The third-order valence-electron chi connectivity index (χ3n) is 3.99. The topological polar surface area (TPSA) is 30.5 Å². The average Bonchev–Trinajstić information content (AvgIpc) is 2.84. The van der Waals surface area contributed by atoms with Crippen molar-refractivity contribution in [3.05, 3.63) is 23.8 Å². The molecule has 3 nitrogen and oxygen atoms in total. The van der Waals surface area contributed by atoms with Crippen molar-refractivity contribution in [1.29, 1.82) is 0 Å². The lowest BCUT2D eigenvalue weighted by Gasteiger charge is -2.36. The van der Waals surface area contributed by atoms with E-state index in [1.807, 2.05) is 6.07 Å². The smallest absolute Gasteiger partial charge is 0.231 e. The van der Waals surface area contributed by atoms with Crippen LogP contribution in [-0.4, -0.2) is 24.3 Å². The van der Waals surface area contributed by atoms with Crippen LogP contribution in [0, 0.1) is 5.41 Å². The summed E-state index contributed by atoms with van der Waals surface area (Å²) in [5.74, 6) is 4.20. The SMILES string of the molecule is CC(NC1CSCC(C)(C)C1)c1ccc2c(c1)OCO2. The molecule has 0 bridgehead atoms. The number of hydrogen-bond acceptors (Lipinski definition) is 4. The molecule has 2 unspecified atom stereocenters. The van der Waals surface area contributed by atoms with Crippen molar-refractivity contribution in [2.45, 2.75) is 39.3 Å². The van der Waals surface area contributed by atoms with E-state index in [4.69, 9.17) is 9.47 Å². The molecule has 20 heavy (non-hydrogen) atoms. The number of benzene rings is 1. The summed E-state index contributed by atoms with van der Waals surface area (Å²) in [7, 11) is 0. The number of thioether (sulfide) groups is 1. The summed E-state index contributed by atoms with van der Waals surface area (Å²) < 4.78 is 10.8. The van der Waals surface area contributed by atoms with Gasteiger partial charge >= 0.3 is 0 Å². The second-order valence-electron chi connectivity index (χ2n) is 6.58. The maximum atomic E-state index is 5.46. The van der Waals surface area contributed by atoms with Crippen molar-refractivity contribution in [2.75, 3.05) is 18.3 Å². The first-order chi connectivity index (χ1) is 9.53. The van der Waals surface area contributed by atoms with Gasteiger partial charge in [-0.15, -0.1) is 0 Å². The Morgan fingerprint density at radius 1 is 1.30 bits per heavy atom. The van der Waals surface area contributed by atoms with Crippen molar-refractivity contribution in [1.82, 2.24) is 5.32 Å². The molecule has 0 aliphatic carbocycles. The third kappa shape index (κ3) is 3.07. The molecular weight excluding hydrogens is 270 g/mol. The molecule has 1 aromatic carbocycles. The fourth-order valence-electron chi connectivity index (χ4n) is 3.00. The van der Waals surface area contributed by atoms with Gasteiger partial charge in [0.15, 0.2) is 11.5 Å². The van der Waals surface area contributed by atoms with Gasteiger partial charge in [-0.1, -0.05) is 19.9 Å². The van der Waals surface area contributed by atoms with Crippen molar-refractivity contribution in [2.24, 2.45) is 5.41 Å². The molecule has 0 amide bonds. The normalized spacial score (nSPS) is 25.4. The van der Waals surface area contributed by atoms with E-state index in [1.54, 1.807) is 0 Å². The Bertz CT molecular complexity index is 489. The number of hydrogen-bond donors (Lipinski definition) is 1. The Kier molecular flexibility index (Phi) is 3.87. The molecule has 1 saturated heterocycles. The van der Waals surface area contributed by atoms with E-state index >= 15 is 0 Å². The van der Waals surface area contributed by atoms with Gasteiger partial charge in [-0.2, -0.15) is 11.8 Å². The first kappa shape index (κ1) is 14.1. The van der Waals surface area contributed by atoms with E-state index < -0.39 is 0 Å². The molecule has 2 atom stereocenters. The molecule has 2 aliphatic heterocycles. The molecule has 1 aromatic rings. The molecule has 3 rings (SSSR count). The van der Waals surface area contributed by atoms with Crippen LogP contribution in [0.4, 0.5) is 0 Å². The van der Waals surface area contributed by atoms with Crippen LogP contribution in [-0.2, 0) is 0 Å². The Hall–Kier alpha value is -0.870. The Morgan fingerprint density at radius 3 is 2.90 bits per heavy atom. The number of fused-ring (bicyclic) bond motifs is 1. The summed E-state index contributed by atoms with van der Waals surface area (Å²) in [5, 5.41) is 3.76. The highest BCUT2D eigenvalue weighted by Crippen LogP contribution is 2.36. The summed E-state index contributed by atoms with van der Waals surface area (Å²) in [4.78, 5) is 0. The van der Waals surface area contributed by atoms with Gasteiger partial charge in [-0.3, -0.25) is 0 Å². The monoisotopic (exact) mass is 293 g/mol. The fraction of sp³-hybridized carbons (Fsp3) is 0.625. The van der Waals surface area contributed by atoms with Crippen molar-refractivity contribution >= 4 is 11.8 Å². The van der Waals surface area contributed by atoms with Crippen LogP contribution >= 0.6 is 11.8 Å². The maximum absolute atomic E-state index is 5.46. The van der Waals surface area contributed by atoms with E-state index in [0.29, 0.717) is 24.3 Å². The number of rotatable bonds is 3. The number of ether oxygens (including phenoxy) is 2. The molecule has 0 saturated carbocycles. The van der Waals surface area contributed by atoms with Gasteiger partial charge in [0.1, 0.15) is 0 Å². The zero-order chi connectivity index (χ0) is 14.2. The molecule has 1 fully saturated rings. The lowest BCUT2D eigenvalue weighted by atomic mass is 9.87. The van der Waals surface area contributed by atoms with Crippen LogP contribution in [0.1, 0.15) is 38.8 Å². The first-order valence-electron chi connectivity index (χ1n) is 7.27. The quantitative estimate of drug-likeness (QED) is 0.922. The van der Waals surface area contributed by atoms with Crippen LogP contribution in [0.3, 0.4) is 0 Å². The summed E-state index contributed by atoms with van der Waals surface area (Å²) in [6.07, 6.45) is 1.24. The second-order valence-corrected chi connectivity index (χ2v) is 7.61. The van der Waals surface area contributed by atoms with Crippen molar-refractivity contribution in [3.8, 4) is 11.5 Å². The molecule has 2 heterocycles. The lowest BCUT2D eigenvalue weighted by molar-refractivity contribution is 0.174. The molecule has 0 spiro atoms. The molecule has 0 aromatic heterocycles. The van der Waals surface area contributed by atoms with Crippen LogP contribution < -0.4 is 14.8 Å². The summed E-state index contributed by atoms with van der Waals surface area (Å²) >= 11 is 2.06. The van der Waals surface area contributed by atoms with E-state index in [9.17, 15) is 0 Å². The molecule has 2 aliphatic rings. The van der Waals surface area contributed by atoms with E-state index in [-0.39, 0.29) is 0 Å². The van der Waals surface area contributed by atoms with Crippen LogP contribution in [0.15, 0.2) is 18.2 Å². The largest absolute Gasteiger partial charge is 0.454 e. The fourth-order valence-corrected chi connectivity index (χ4v) is 4.29. The molecule has 4 heteroatoms. The summed E-state index contributed by atoms with van der Waals surface area (Å²) in [5.41, 5.74) is 1.71. The third-order valence-corrected chi connectivity index (χ3v) is 5.62. The highest BCUT2D eigenvalue weighted by Gasteiger charge is 2.29. The van der Waals surface area contributed by atoms with Crippen LogP contribution in [0.25, 0.3) is 0 Å². The van der Waals surface area contributed by atoms with E-state index in [1.165, 1.54) is 23.5 Å². The molecule has 1 N–H and O–H groups in total. The standard InChI is InChI=1S/C16H23NO2S/c1-11(17-13-7-16(2,3)9-20-8-13)12-4-5-14-15(6-12)19-10-18-14/h4-6,11,13,17H,7-10H2,1-3H3. The van der Waals surface area contributed by atoms with Crippen molar-refractivity contribution < 1.29 is 9.47 Å². The molecular formula is C16H23NO2S. The summed E-state index contributed by atoms with van der Waals surface area (Å²) in [6, 6.07) is 7.16. The Morgan fingerprint density at radius 2 is 2.10 bits per heavy atom. The Labute approximate surface area is 125 Å². The average molecular weight is 293 g/mol. The van der Waals surface area contributed by atoms with Gasteiger partial charge in [0.2, 0.25) is 6.79 Å². The van der Waals surface area contributed by atoms with Crippen LogP contribution in [0.5, 0.6) is 11.5 Å². The number of nitrogens with one attached hydrogen (secondary N) is 1. The second kappa shape index (κ2) is 5.49. The van der Waals surface area contributed by atoms with Crippen LogP contribution in [0.2, 0.25) is 0 Å². The van der Waals surface area contributed by atoms with Gasteiger partial charge in [0, 0.05) is 17.8 Å². The maximum Gasteiger partial charge on any atom is 0.231 e. The highest BCUT2D eigenvalue weighted by molar-refractivity contribution is 7.99. The van der Waals surface area contributed by atoms with E-state index in [2.05, 4.69) is 50.0 Å². The van der Waals surface area contributed by atoms with Gasteiger partial charge in [-0.05, 0) is 42.2 Å². The van der Waals surface area contributed by atoms with Gasteiger partial charge in [0.25, 0.3) is 0 Å². The highest BCUT2D eigenvalue weighted by atomic mass is 32.2. The minimum atomic E-state index is 0.337. The zero-order valence-electron chi connectivity index (χ0n) is 12.4. The van der Waals surface area contributed by atoms with E-state index in [0.717, 1.165) is 11.5 Å². The summed E-state index contributed by atoms with van der Waals surface area (Å²) in [6.45, 7) is 7.29.